The smallest absolute Gasteiger partial charge is 0.153 e. The Morgan fingerprint density at radius 3 is 2.62 bits per heavy atom. The molecule has 0 saturated heterocycles. The minimum absolute atomic E-state index is 0.0465. The molecule has 0 aliphatic carbocycles. The van der Waals surface area contributed by atoms with Crippen molar-refractivity contribution in [1.82, 2.24) is 0 Å². The van der Waals surface area contributed by atoms with Gasteiger partial charge in [-0.05, 0) is 12.1 Å². The highest BCUT2D eigenvalue weighted by Gasteiger charge is 2.10. The molecule has 0 amide bonds. The fourth-order valence-corrected chi connectivity index (χ4v) is 1.66. The molecular weight excluding hydrogens is 217 g/mol. The van der Waals surface area contributed by atoms with E-state index in [2.05, 4.69) is 0 Å². The molecule has 6 heteroatoms. The standard InChI is InChI=1S/C7H5ClFNO2S/c8-5-2-6(9)4(3-11)1-7(5)13(10)12/h1-3H,10H2. The van der Waals surface area contributed by atoms with Crippen molar-refractivity contribution in [2.45, 2.75) is 4.90 Å². The summed E-state index contributed by atoms with van der Waals surface area (Å²) in [5.41, 5.74) is -0.210. The summed E-state index contributed by atoms with van der Waals surface area (Å²) in [5, 5.41) is 4.99. The first-order chi connectivity index (χ1) is 6.06. The largest absolute Gasteiger partial charge is 0.298 e. The lowest BCUT2D eigenvalue weighted by Crippen LogP contribution is -2.05. The van der Waals surface area contributed by atoms with Crippen LogP contribution in [-0.4, -0.2) is 10.5 Å². The Hall–Kier alpha value is -0.780. The highest BCUT2D eigenvalue weighted by atomic mass is 35.5. The molecule has 0 fully saturated rings. The molecule has 3 nitrogen and oxygen atoms in total. The molecule has 0 aliphatic heterocycles. The van der Waals surface area contributed by atoms with Gasteiger partial charge in [0.25, 0.3) is 0 Å². The van der Waals surface area contributed by atoms with Crippen molar-refractivity contribution in [2.24, 2.45) is 5.14 Å². The second-order valence-corrected chi connectivity index (χ2v) is 3.66. The lowest BCUT2D eigenvalue weighted by atomic mass is 10.2. The lowest BCUT2D eigenvalue weighted by molar-refractivity contribution is 0.111. The third-order valence-electron chi connectivity index (χ3n) is 1.39. The molecule has 0 saturated carbocycles. The van der Waals surface area contributed by atoms with Crippen molar-refractivity contribution >= 4 is 28.9 Å². The third kappa shape index (κ3) is 2.12. The molecule has 1 unspecified atom stereocenters. The number of carbonyl (C=O) groups is 1. The molecule has 0 radical (unpaired) electrons. The average Bonchev–Trinajstić information content (AvgIpc) is 2.03. The zero-order chi connectivity index (χ0) is 10.0. The van der Waals surface area contributed by atoms with Crippen LogP contribution in [0.15, 0.2) is 17.0 Å². The zero-order valence-corrected chi connectivity index (χ0v) is 7.86. The van der Waals surface area contributed by atoms with E-state index in [1.165, 1.54) is 0 Å². The maximum absolute atomic E-state index is 12.8. The van der Waals surface area contributed by atoms with Crippen LogP contribution in [0.3, 0.4) is 0 Å². The summed E-state index contributed by atoms with van der Waals surface area (Å²) < 4.78 is 23.7. The lowest BCUT2D eigenvalue weighted by Gasteiger charge is -2.01. The Morgan fingerprint density at radius 2 is 2.15 bits per heavy atom. The Kier molecular flexibility index (Phi) is 3.13. The topological polar surface area (TPSA) is 60.2 Å². The van der Waals surface area contributed by atoms with Crippen LogP contribution in [0.4, 0.5) is 4.39 Å². The number of rotatable bonds is 2. The van der Waals surface area contributed by atoms with Gasteiger partial charge in [-0.2, -0.15) is 0 Å². The molecule has 0 spiro atoms. The third-order valence-corrected chi connectivity index (χ3v) is 2.59. The van der Waals surface area contributed by atoms with Crippen molar-refractivity contribution in [3.8, 4) is 0 Å². The molecule has 1 rings (SSSR count). The first-order valence-electron chi connectivity index (χ1n) is 3.16. The van der Waals surface area contributed by atoms with E-state index in [-0.39, 0.29) is 15.5 Å². The minimum atomic E-state index is -1.82. The van der Waals surface area contributed by atoms with Gasteiger partial charge >= 0.3 is 0 Å². The summed E-state index contributed by atoms with van der Waals surface area (Å²) in [6, 6.07) is 1.98. The highest BCUT2D eigenvalue weighted by Crippen LogP contribution is 2.21. The summed E-state index contributed by atoms with van der Waals surface area (Å²) in [6.07, 6.45) is 0.308. The van der Waals surface area contributed by atoms with Gasteiger partial charge in [0.05, 0.1) is 15.5 Å². The van der Waals surface area contributed by atoms with Gasteiger partial charge < -0.3 is 0 Å². The predicted molar refractivity (Wildman–Crippen MR) is 47.4 cm³/mol. The van der Waals surface area contributed by atoms with Crippen LogP contribution in [0.5, 0.6) is 0 Å². The van der Waals surface area contributed by atoms with Crippen LogP contribution >= 0.6 is 11.6 Å². The quantitative estimate of drug-likeness (QED) is 0.765. The Balaban J connectivity index is 3.38. The van der Waals surface area contributed by atoms with Gasteiger partial charge in [0.15, 0.2) is 6.29 Å². The molecule has 0 bridgehead atoms. The van der Waals surface area contributed by atoms with Crippen LogP contribution < -0.4 is 5.14 Å². The molecule has 2 N–H and O–H groups in total. The van der Waals surface area contributed by atoms with Crippen LogP contribution in [-0.2, 0) is 11.0 Å². The van der Waals surface area contributed by atoms with Crippen molar-refractivity contribution in [3.05, 3.63) is 28.5 Å². The van der Waals surface area contributed by atoms with E-state index in [9.17, 15) is 13.4 Å². The molecule has 1 atom stereocenters. The van der Waals surface area contributed by atoms with Crippen LogP contribution in [0.1, 0.15) is 10.4 Å². The van der Waals surface area contributed by atoms with Gasteiger partial charge in [0.1, 0.15) is 16.8 Å². The second-order valence-electron chi connectivity index (χ2n) is 2.22. The maximum Gasteiger partial charge on any atom is 0.153 e. The van der Waals surface area contributed by atoms with Crippen LogP contribution in [0, 0.1) is 5.82 Å². The molecular formula is C7H5ClFNO2S. The molecule has 1 aromatic carbocycles. The average molecular weight is 222 g/mol. The summed E-state index contributed by atoms with van der Waals surface area (Å²) in [5.74, 6) is -0.755. The number of benzene rings is 1. The van der Waals surface area contributed by atoms with Gasteiger partial charge in [0, 0.05) is 0 Å². The van der Waals surface area contributed by atoms with Gasteiger partial charge in [-0.1, -0.05) is 11.6 Å². The van der Waals surface area contributed by atoms with E-state index in [0.29, 0.717) is 6.29 Å². The van der Waals surface area contributed by atoms with Crippen molar-refractivity contribution in [1.29, 1.82) is 0 Å². The monoisotopic (exact) mass is 221 g/mol. The predicted octanol–water partition coefficient (Wildman–Crippen LogP) is 1.27. The summed E-state index contributed by atoms with van der Waals surface area (Å²) in [4.78, 5) is 10.3. The summed E-state index contributed by atoms with van der Waals surface area (Å²) in [7, 11) is -1.82. The number of nitrogens with two attached hydrogens (primary N) is 1. The van der Waals surface area contributed by atoms with Gasteiger partial charge in [-0.3, -0.25) is 4.79 Å². The number of aldehydes is 1. The summed E-state index contributed by atoms with van der Waals surface area (Å²) in [6.45, 7) is 0. The molecule has 1 aromatic rings. The Morgan fingerprint density at radius 1 is 1.54 bits per heavy atom. The Labute approximate surface area is 81.3 Å². The summed E-state index contributed by atoms with van der Waals surface area (Å²) >= 11 is 5.52. The fourth-order valence-electron chi connectivity index (χ4n) is 0.789. The van der Waals surface area contributed by atoms with Gasteiger partial charge in [-0.25, -0.2) is 13.7 Å². The second kappa shape index (κ2) is 3.95. The van der Waals surface area contributed by atoms with E-state index < -0.39 is 16.8 Å². The van der Waals surface area contributed by atoms with E-state index in [0.717, 1.165) is 12.1 Å². The Bertz CT molecular complexity index is 383. The van der Waals surface area contributed by atoms with Crippen molar-refractivity contribution in [3.63, 3.8) is 0 Å². The normalized spacial score (nSPS) is 12.5. The number of halogens is 2. The van der Waals surface area contributed by atoms with Crippen molar-refractivity contribution < 1.29 is 13.4 Å². The van der Waals surface area contributed by atoms with E-state index in [1.807, 2.05) is 0 Å². The number of hydrogen-bond acceptors (Lipinski definition) is 2. The first kappa shape index (κ1) is 10.3. The number of hydrogen-bond donors (Lipinski definition) is 1. The molecule has 70 valence electrons. The molecule has 13 heavy (non-hydrogen) atoms. The van der Waals surface area contributed by atoms with E-state index >= 15 is 0 Å². The van der Waals surface area contributed by atoms with Crippen LogP contribution in [0.2, 0.25) is 5.02 Å². The zero-order valence-electron chi connectivity index (χ0n) is 6.29. The fraction of sp³-hybridized carbons (Fsp3) is 0. The number of carbonyl (C=O) groups excluding carboxylic acids is 1. The van der Waals surface area contributed by atoms with Gasteiger partial charge in [0.2, 0.25) is 0 Å². The maximum atomic E-state index is 12.8. The van der Waals surface area contributed by atoms with Gasteiger partial charge in [-0.15, -0.1) is 0 Å². The SMILES string of the molecule is NS(=O)c1cc(C=O)c(F)cc1Cl. The van der Waals surface area contributed by atoms with Crippen LogP contribution in [0.25, 0.3) is 0 Å². The molecule has 0 heterocycles. The minimum Gasteiger partial charge on any atom is -0.298 e. The first-order valence-corrected chi connectivity index (χ1v) is 4.75. The van der Waals surface area contributed by atoms with E-state index in [1.54, 1.807) is 0 Å². The highest BCUT2D eigenvalue weighted by molar-refractivity contribution is 7.82. The molecule has 0 aromatic heterocycles. The molecule has 0 aliphatic rings. The van der Waals surface area contributed by atoms with Crippen molar-refractivity contribution in [2.75, 3.05) is 0 Å². The van der Waals surface area contributed by atoms with E-state index in [4.69, 9.17) is 16.7 Å².